The van der Waals surface area contributed by atoms with Gasteiger partial charge in [0.15, 0.2) is 0 Å². The van der Waals surface area contributed by atoms with Gasteiger partial charge < -0.3 is 0 Å². The van der Waals surface area contributed by atoms with Crippen LogP contribution in [0.2, 0.25) is 5.31 Å². The molecule has 0 aromatic carbocycles. The van der Waals surface area contributed by atoms with Crippen LogP contribution < -0.4 is 0 Å². The third-order valence-corrected chi connectivity index (χ3v) is 1.32. The summed E-state index contributed by atoms with van der Waals surface area (Å²) in [6.45, 7) is 7.29. The van der Waals surface area contributed by atoms with Crippen molar-refractivity contribution in [1.82, 2.24) is 0 Å². The Morgan fingerprint density at radius 3 is 1.86 bits per heavy atom. The number of allylic oxidation sites excluding steroid dienone is 1. The number of rotatable bonds is 1. The molecule has 0 aromatic rings. The standard InChI is InChI=1S/C5H9BS/c1-4(7)5(2,3)6/h7H,1H2,2-3H3. The second kappa shape index (κ2) is 1.95. The summed E-state index contributed by atoms with van der Waals surface area (Å²) in [6.07, 6.45) is 0. The molecule has 0 rings (SSSR count). The van der Waals surface area contributed by atoms with Crippen molar-refractivity contribution < 1.29 is 0 Å². The maximum Gasteiger partial charge on any atom is 0.0809 e. The lowest BCUT2D eigenvalue weighted by Gasteiger charge is -2.16. The van der Waals surface area contributed by atoms with E-state index in [0.29, 0.717) is 4.91 Å². The quantitative estimate of drug-likeness (QED) is 0.388. The van der Waals surface area contributed by atoms with Gasteiger partial charge in [-0.15, -0.1) is 12.6 Å². The second-order valence-corrected chi connectivity index (χ2v) is 2.71. The van der Waals surface area contributed by atoms with Crippen LogP contribution in [0, 0.1) is 0 Å². The van der Waals surface area contributed by atoms with Crippen molar-refractivity contribution in [3.8, 4) is 0 Å². The van der Waals surface area contributed by atoms with Crippen molar-refractivity contribution in [2.75, 3.05) is 0 Å². The summed E-state index contributed by atoms with van der Waals surface area (Å²) in [5, 5.41) is -0.330. The minimum atomic E-state index is -0.330. The highest BCUT2D eigenvalue weighted by Crippen LogP contribution is 2.29. The lowest BCUT2D eigenvalue weighted by atomic mass is 9.73. The van der Waals surface area contributed by atoms with Gasteiger partial charge >= 0.3 is 0 Å². The molecule has 0 amide bonds. The van der Waals surface area contributed by atoms with E-state index in [2.05, 4.69) is 19.2 Å². The Morgan fingerprint density at radius 2 is 1.86 bits per heavy atom. The molecule has 0 unspecified atom stereocenters. The predicted octanol–water partition coefficient (Wildman–Crippen LogP) is 1.80. The van der Waals surface area contributed by atoms with Crippen LogP contribution >= 0.6 is 12.6 Å². The van der Waals surface area contributed by atoms with Crippen molar-refractivity contribution in [3.05, 3.63) is 11.5 Å². The molecule has 0 saturated carbocycles. The zero-order valence-electron chi connectivity index (χ0n) is 4.73. The first-order valence-electron chi connectivity index (χ1n) is 2.12. The number of hydrogen-bond donors (Lipinski definition) is 1. The molecule has 0 aliphatic heterocycles. The Balaban J connectivity index is 3.79. The maximum atomic E-state index is 5.50. The van der Waals surface area contributed by atoms with Crippen LogP contribution in [0.4, 0.5) is 0 Å². The molecule has 0 fully saturated rings. The molecular formula is C5H9BS. The fourth-order valence-corrected chi connectivity index (χ4v) is 0. The fourth-order valence-electron chi connectivity index (χ4n) is 0. The van der Waals surface area contributed by atoms with Crippen molar-refractivity contribution in [3.63, 3.8) is 0 Å². The van der Waals surface area contributed by atoms with E-state index in [4.69, 9.17) is 7.85 Å². The van der Waals surface area contributed by atoms with E-state index in [9.17, 15) is 0 Å². The monoisotopic (exact) mass is 112 g/mol. The topological polar surface area (TPSA) is 0 Å². The van der Waals surface area contributed by atoms with Gasteiger partial charge in [0.2, 0.25) is 0 Å². The average molecular weight is 112 g/mol. The Bertz CT molecular complexity index is 80.6. The Kier molecular flexibility index (Phi) is 1.99. The SMILES string of the molecule is [B]C(C)(C)C(=C)S. The summed E-state index contributed by atoms with van der Waals surface area (Å²) in [5.74, 6) is 0. The normalized spacial score (nSPS) is 11.3. The summed E-state index contributed by atoms with van der Waals surface area (Å²) in [5.41, 5.74) is 0. The van der Waals surface area contributed by atoms with Gasteiger partial charge in [-0.25, -0.2) is 0 Å². The summed E-state index contributed by atoms with van der Waals surface area (Å²) in [7, 11) is 5.50. The highest BCUT2D eigenvalue weighted by atomic mass is 32.1. The molecule has 7 heavy (non-hydrogen) atoms. The van der Waals surface area contributed by atoms with Gasteiger partial charge in [-0.05, 0) is 10.2 Å². The second-order valence-electron chi connectivity index (χ2n) is 2.17. The Morgan fingerprint density at radius 1 is 1.71 bits per heavy atom. The minimum Gasteiger partial charge on any atom is -0.149 e. The molecule has 0 nitrogen and oxygen atoms in total. The van der Waals surface area contributed by atoms with Gasteiger partial charge in [0.1, 0.15) is 0 Å². The molecule has 2 radical (unpaired) electrons. The van der Waals surface area contributed by atoms with E-state index >= 15 is 0 Å². The van der Waals surface area contributed by atoms with E-state index < -0.39 is 0 Å². The van der Waals surface area contributed by atoms with E-state index in [1.807, 2.05) is 13.8 Å². The van der Waals surface area contributed by atoms with Crippen LogP contribution in [-0.4, -0.2) is 7.85 Å². The van der Waals surface area contributed by atoms with Gasteiger partial charge in [-0.2, -0.15) is 0 Å². The summed E-state index contributed by atoms with van der Waals surface area (Å²) < 4.78 is 0. The van der Waals surface area contributed by atoms with Gasteiger partial charge in [-0.1, -0.05) is 20.4 Å². The Labute approximate surface area is 51.8 Å². The molecule has 0 spiro atoms. The van der Waals surface area contributed by atoms with Crippen LogP contribution in [0.3, 0.4) is 0 Å². The molecule has 0 aliphatic rings. The van der Waals surface area contributed by atoms with E-state index in [-0.39, 0.29) is 5.31 Å². The molecular weight excluding hydrogens is 103 g/mol. The molecule has 0 aromatic heterocycles. The minimum absolute atomic E-state index is 0.330. The predicted molar refractivity (Wildman–Crippen MR) is 37.9 cm³/mol. The lowest BCUT2D eigenvalue weighted by Crippen LogP contribution is -1.99. The van der Waals surface area contributed by atoms with E-state index in [0.717, 1.165) is 0 Å². The maximum absolute atomic E-state index is 5.50. The first kappa shape index (κ1) is 7.15. The highest BCUT2D eigenvalue weighted by Gasteiger charge is 2.09. The fraction of sp³-hybridized carbons (Fsp3) is 0.600. The lowest BCUT2D eigenvalue weighted by molar-refractivity contribution is 0.851. The van der Waals surface area contributed by atoms with E-state index in [1.54, 1.807) is 0 Å². The van der Waals surface area contributed by atoms with Gasteiger partial charge in [0, 0.05) is 0 Å². The number of hydrogen-bond acceptors (Lipinski definition) is 1. The molecule has 0 N–H and O–H groups in total. The van der Waals surface area contributed by atoms with Gasteiger partial charge in [0.25, 0.3) is 0 Å². The molecule has 0 heterocycles. The first-order valence-corrected chi connectivity index (χ1v) is 2.56. The molecule has 0 aliphatic carbocycles. The third kappa shape index (κ3) is 2.80. The summed E-state index contributed by atoms with van der Waals surface area (Å²) >= 11 is 3.96. The van der Waals surface area contributed by atoms with Gasteiger partial charge in [-0.3, -0.25) is 0 Å². The largest absolute Gasteiger partial charge is 0.149 e. The number of thiol groups is 1. The summed E-state index contributed by atoms with van der Waals surface area (Å²) in [6, 6.07) is 0. The van der Waals surface area contributed by atoms with Crippen LogP contribution in [0.5, 0.6) is 0 Å². The van der Waals surface area contributed by atoms with Crippen molar-refractivity contribution in [1.29, 1.82) is 0 Å². The molecule has 0 atom stereocenters. The zero-order chi connectivity index (χ0) is 6.08. The van der Waals surface area contributed by atoms with Crippen LogP contribution in [0.1, 0.15) is 13.8 Å². The van der Waals surface area contributed by atoms with Crippen molar-refractivity contribution >= 4 is 20.5 Å². The van der Waals surface area contributed by atoms with Crippen LogP contribution in [0.25, 0.3) is 0 Å². The summed E-state index contributed by atoms with van der Waals surface area (Å²) in [4.78, 5) is 0.715. The first-order chi connectivity index (χ1) is 2.94. The smallest absolute Gasteiger partial charge is 0.0809 e. The van der Waals surface area contributed by atoms with Crippen molar-refractivity contribution in [2.45, 2.75) is 19.2 Å². The van der Waals surface area contributed by atoms with Crippen LogP contribution in [-0.2, 0) is 0 Å². The molecule has 2 heteroatoms. The zero-order valence-corrected chi connectivity index (χ0v) is 5.63. The molecule has 38 valence electrons. The van der Waals surface area contributed by atoms with Crippen LogP contribution in [0.15, 0.2) is 11.5 Å². The molecule has 0 bridgehead atoms. The van der Waals surface area contributed by atoms with E-state index in [1.165, 1.54) is 0 Å². The average Bonchev–Trinajstić information content (AvgIpc) is 1.31. The van der Waals surface area contributed by atoms with Crippen molar-refractivity contribution in [2.24, 2.45) is 0 Å². The highest BCUT2D eigenvalue weighted by molar-refractivity contribution is 7.84. The Hall–Kier alpha value is 0.155. The van der Waals surface area contributed by atoms with Gasteiger partial charge in [0.05, 0.1) is 7.85 Å². The molecule has 0 saturated heterocycles. The third-order valence-electron chi connectivity index (χ3n) is 0.744.